The lowest BCUT2D eigenvalue weighted by molar-refractivity contribution is 0.354. The third-order valence-electron chi connectivity index (χ3n) is 3.18. The van der Waals surface area contributed by atoms with E-state index in [4.69, 9.17) is 13.9 Å². The minimum absolute atomic E-state index is 0.725. The van der Waals surface area contributed by atoms with Gasteiger partial charge in [0.05, 0.1) is 26.7 Å². The van der Waals surface area contributed by atoms with Gasteiger partial charge in [0.25, 0.3) is 0 Å². The molecule has 1 N–H and O–H groups in total. The molecule has 4 nitrogen and oxygen atoms in total. The Morgan fingerprint density at radius 2 is 1.90 bits per heavy atom. The molecule has 0 aliphatic rings. The van der Waals surface area contributed by atoms with Crippen LogP contribution in [0, 0.1) is 0 Å². The van der Waals surface area contributed by atoms with Crippen LogP contribution < -0.4 is 14.8 Å². The van der Waals surface area contributed by atoms with Crippen LogP contribution in [0.1, 0.15) is 18.9 Å². The molecule has 4 heteroatoms. The summed E-state index contributed by atoms with van der Waals surface area (Å²) in [5, 5.41) is 3.42. The first-order valence-corrected chi connectivity index (χ1v) is 6.78. The van der Waals surface area contributed by atoms with Crippen LogP contribution in [0.25, 0.3) is 11.1 Å². The highest BCUT2D eigenvalue weighted by Gasteiger charge is 2.13. The molecule has 0 atom stereocenters. The van der Waals surface area contributed by atoms with Gasteiger partial charge in [-0.05, 0) is 42.3 Å². The van der Waals surface area contributed by atoms with Gasteiger partial charge in [-0.25, -0.2) is 0 Å². The van der Waals surface area contributed by atoms with Gasteiger partial charge < -0.3 is 19.2 Å². The molecule has 2 rings (SSSR count). The number of hydrogen-bond donors (Lipinski definition) is 1. The zero-order chi connectivity index (χ0) is 14.4. The quantitative estimate of drug-likeness (QED) is 0.786. The van der Waals surface area contributed by atoms with Crippen molar-refractivity contribution in [2.45, 2.75) is 19.9 Å². The van der Waals surface area contributed by atoms with Crippen molar-refractivity contribution in [3.05, 3.63) is 36.3 Å². The van der Waals surface area contributed by atoms with Crippen LogP contribution in [0.15, 0.2) is 35.1 Å². The van der Waals surface area contributed by atoms with E-state index >= 15 is 0 Å². The lowest BCUT2D eigenvalue weighted by atomic mass is 10.0. The monoisotopic (exact) mass is 275 g/mol. The molecule has 0 fully saturated rings. The maximum Gasteiger partial charge on any atom is 0.161 e. The smallest absolute Gasteiger partial charge is 0.161 e. The lowest BCUT2D eigenvalue weighted by Gasteiger charge is -2.14. The molecule has 0 saturated carbocycles. The number of nitrogens with one attached hydrogen (secondary N) is 1. The van der Waals surface area contributed by atoms with Gasteiger partial charge in [-0.15, -0.1) is 0 Å². The predicted molar refractivity (Wildman–Crippen MR) is 79.2 cm³/mol. The molecule has 0 aliphatic heterocycles. The maximum atomic E-state index is 5.38. The van der Waals surface area contributed by atoms with Crippen molar-refractivity contribution in [3.8, 4) is 22.6 Å². The van der Waals surface area contributed by atoms with Crippen molar-refractivity contribution in [1.82, 2.24) is 5.32 Å². The summed E-state index contributed by atoms with van der Waals surface area (Å²) in [5.74, 6) is 1.47. The first kappa shape index (κ1) is 14.5. The van der Waals surface area contributed by atoms with Gasteiger partial charge in [-0.2, -0.15) is 0 Å². The van der Waals surface area contributed by atoms with E-state index < -0.39 is 0 Å². The zero-order valence-electron chi connectivity index (χ0n) is 12.2. The average molecular weight is 275 g/mol. The Hall–Kier alpha value is -1.94. The topological polar surface area (TPSA) is 43.6 Å². The molecule has 1 heterocycles. The second kappa shape index (κ2) is 7.01. The van der Waals surface area contributed by atoms with E-state index in [2.05, 4.69) is 12.2 Å². The van der Waals surface area contributed by atoms with Crippen LogP contribution >= 0.6 is 0 Å². The Bertz CT molecular complexity index is 535. The van der Waals surface area contributed by atoms with Crippen LogP contribution in [0.5, 0.6) is 11.5 Å². The molecule has 1 aromatic heterocycles. The normalized spacial score (nSPS) is 10.6. The lowest BCUT2D eigenvalue weighted by Crippen LogP contribution is -2.14. The van der Waals surface area contributed by atoms with Crippen molar-refractivity contribution in [2.75, 3.05) is 20.8 Å². The van der Waals surface area contributed by atoms with Gasteiger partial charge in [-0.1, -0.05) is 6.92 Å². The average Bonchev–Trinajstić information content (AvgIpc) is 3.01. The van der Waals surface area contributed by atoms with Gasteiger partial charge in [0.15, 0.2) is 11.5 Å². The Kier molecular flexibility index (Phi) is 5.07. The molecule has 108 valence electrons. The molecule has 0 radical (unpaired) electrons. The molecule has 0 spiro atoms. The minimum atomic E-state index is 0.725. The summed E-state index contributed by atoms with van der Waals surface area (Å²) < 4.78 is 15.9. The maximum absolute atomic E-state index is 5.38. The largest absolute Gasteiger partial charge is 0.493 e. The fraction of sp³-hybridized carbons (Fsp3) is 0.375. The fourth-order valence-corrected chi connectivity index (χ4v) is 2.15. The molecular weight excluding hydrogens is 254 g/mol. The first-order chi connectivity index (χ1) is 9.80. The van der Waals surface area contributed by atoms with Crippen LogP contribution in [-0.4, -0.2) is 20.8 Å². The molecule has 0 bridgehead atoms. The van der Waals surface area contributed by atoms with Crippen LogP contribution in [0.4, 0.5) is 0 Å². The van der Waals surface area contributed by atoms with Crippen LogP contribution in [0.3, 0.4) is 0 Å². The first-order valence-electron chi connectivity index (χ1n) is 6.78. The van der Waals surface area contributed by atoms with Gasteiger partial charge in [0, 0.05) is 12.1 Å². The van der Waals surface area contributed by atoms with E-state index in [1.807, 2.05) is 18.2 Å². The van der Waals surface area contributed by atoms with Crippen molar-refractivity contribution in [3.63, 3.8) is 0 Å². The van der Waals surface area contributed by atoms with E-state index in [0.717, 1.165) is 47.7 Å². The summed E-state index contributed by atoms with van der Waals surface area (Å²) in [7, 11) is 3.30. The number of furan rings is 1. The van der Waals surface area contributed by atoms with Crippen molar-refractivity contribution in [1.29, 1.82) is 0 Å². The highest BCUT2D eigenvalue weighted by atomic mass is 16.5. The molecule has 0 aliphatic carbocycles. The van der Waals surface area contributed by atoms with E-state index in [-0.39, 0.29) is 0 Å². The second-order valence-corrected chi connectivity index (χ2v) is 4.55. The molecule has 1 aromatic carbocycles. The summed E-state index contributed by atoms with van der Waals surface area (Å²) in [4.78, 5) is 0. The van der Waals surface area contributed by atoms with Gasteiger partial charge in [0.1, 0.15) is 0 Å². The van der Waals surface area contributed by atoms with Gasteiger partial charge in [0.2, 0.25) is 0 Å². The number of methoxy groups -OCH3 is 2. The summed E-state index contributed by atoms with van der Waals surface area (Å²) in [6.07, 6.45) is 4.52. The van der Waals surface area contributed by atoms with Crippen LogP contribution in [0.2, 0.25) is 0 Å². The van der Waals surface area contributed by atoms with E-state index in [1.54, 1.807) is 26.7 Å². The summed E-state index contributed by atoms with van der Waals surface area (Å²) >= 11 is 0. The van der Waals surface area contributed by atoms with Crippen molar-refractivity contribution >= 4 is 0 Å². The molecule has 0 saturated heterocycles. The fourth-order valence-electron chi connectivity index (χ4n) is 2.15. The van der Waals surface area contributed by atoms with E-state index in [9.17, 15) is 0 Å². The van der Waals surface area contributed by atoms with Gasteiger partial charge in [-0.3, -0.25) is 0 Å². The molecule has 0 unspecified atom stereocenters. The summed E-state index contributed by atoms with van der Waals surface area (Å²) in [5.41, 5.74) is 3.30. The Morgan fingerprint density at radius 3 is 2.50 bits per heavy atom. The minimum Gasteiger partial charge on any atom is -0.493 e. The van der Waals surface area contributed by atoms with Gasteiger partial charge >= 0.3 is 0 Å². The Morgan fingerprint density at radius 1 is 1.15 bits per heavy atom. The Balaban J connectivity index is 2.40. The second-order valence-electron chi connectivity index (χ2n) is 4.55. The van der Waals surface area contributed by atoms with Crippen molar-refractivity contribution < 1.29 is 13.9 Å². The highest BCUT2D eigenvalue weighted by Crippen LogP contribution is 2.35. The SMILES string of the molecule is CCCNCc1cc(OC)c(OC)cc1-c1ccoc1. The highest BCUT2D eigenvalue weighted by molar-refractivity contribution is 5.70. The summed E-state index contributed by atoms with van der Waals surface area (Å²) in [6.45, 7) is 3.92. The number of benzene rings is 1. The number of rotatable bonds is 7. The Labute approximate surface area is 119 Å². The molecule has 20 heavy (non-hydrogen) atoms. The van der Waals surface area contributed by atoms with E-state index in [0.29, 0.717) is 0 Å². The third kappa shape index (κ3) is 3.14. The molecule has 0 amide bonds. The zero-order valence-corrected chi connectivity index (χ0v) is 12.2. The number of ether oxygens (including phenoxy) is 2. The standard InChI is InChI=1S/C16H21NO3/c1-4-6-17-10-13-8-15(18-2)16(19-3)9-14(13)12-5-7-20-11-12/h5,7-9,11,17H,4,6,10H2,1-3H3. The van der Waals surface area contributed by atoms with E-state index in [1.165, 1.54) is 0 Å². The van der Waals surface area contributed by atoms with Crippen LogP contribution in [-0.2, 0) is 6.54 Å². The third-order valence-corrected chi connectivity index (χ3v) is 3.18. The predicted octanol–water partition coefficient (Wildman–Crippen LogP) is 3.46. The molecule has 2 aromatic rings. The summed E-state index contributed by atoms with van der Waals surface area (Å²) in [6, 6.07) is 5.96. The molecular formula is C16H21NO3. The number of hydrogen-bond acceptors (Lipinski definition) is 4. The van der Waals surface area contributed by atoms with Crippen molar-refractivity contribution in [2.24, 2.45) is 0 Å².